The zero-order valence-electron chi connectivity index (χ0n) is 23.3. The number of rotatable bonds is 26. The van der Waals surface area contributed by atoms with Crippen LogP contribution in [-0.4, -0.2) is 49.6 Å². The molecule has 4 atom stereocenters. The third kappa shape index (κ3) is 15.0. The Labute approximate surface area is 224 Å². The second kappa shape index (κ2) is 21.9. The van der Waals surface area contributed by atoms with Gasteiger partial charge in [-0.1, -0.05) is 90.9 Å². The van der Waals surface area contributed by atoms with Gasteiger partial charge in [0.1, 0.15) is 18.2 Å². The molecule has 1 rings (SSSR count). The van der Waals surface area contributed by atoms with E-state index >= 15 is 0 Å². The van der Waals surface area contributed by atoms with Gasteiger partial charge in [0.05, 0.1) is 5.92 Å². The van der Waals surface area contributed by atoms with Crippen molar-refractivity contribution in [3.05, 3.63) is 0 Å². The van der Waals surface area contributed by atoms with Gasteiger partial charge in [0.15, 0.2) is 0 Å². The van der Waals surface area contributed by atoms with Crippen LogP contribution in [0.15, 0.2) is 0 Å². The van der Waals surface area contributed by atoms with Crippen molar-refractivity contribution in [3.63, 3.8) is 0 Å². The quantitative estimate of drug-likeness (QED) is 0.0895. The van der Waals surface area contributed by atoms with E-state index in [1.807, 2.05) is 0 Å². The van der Waals surface area contributed by atoms with Gasteiger partial charge >= 0.3 is 11.9 Å². The smallest absolute Gasteiger partial charge is 0.328 e. The average Bonchev–Trinajstić information content (AvgIpc) is 2.88. The fourth-order valence-corrected chi connectivity index (χ4v) is 4.94. The lowest BCUT2D eigenvalue weighted by Crippen LogP contribution is -2.48. The molecule has 0 aromatic carbocycles. The second-order valence-corrected chi connectivity index (χ2v) is 10.4. The zero-order chi connectivity index (χ0) is 27.1. The van der Waals surface area contributed by atoms with Gasteiger partial charge in [-0.2, -0.15) is 0 Å². The molecule has 1 heterocycles. The lowest BCUT2D eigenvalue weighted by Gasteiger charge is -2.37. The summed E-state index contributed by atoms with van der Waals surface area (Å²) in [5, 5.41) is 5.11. The fraction of sp³-hybridized carbons (Fsp3) is 0.862. The van der Waals surface area contributed by atoms with Crippen molar-refractivity contribution in [3.8, 4) is 0 Å². The number of cyclic esters (lactones) is 1. The molecular weight excluding hydrogens is 472 g/mol. The van der Waals surface area contributed by atoms with E-state index in [1.54, 1.807) is 0 Å². The topological polar surface area (TPSA) is 111 Å². The third-order valence-electron chi connectivity index (χ3n) is 7.25. The van der Waals surface area contributed by atoms with Gasteiger partial charge in [-0.05, 0) is 32.1 Å². The van der Waals surface area contributed by atoms with E-state index in [9.17, 15) is 19.2 Å². The minimum atomic E-state index is -0.759. The maximum absolute atomic E-state index is 12.9. The van der Waals surface area contributed by atoms with E-state index in [0.29, 0.717) is 38.6 Å². The number of amides is 2. The molecule has 0 saturated carbocycles. The number of unbranched alkanes of at least 4 members (excludes halogenated alkanes) is 11. The van der Waals surface area contributed by atoms with Gasteiger partial charge in [-0.25, -0.2) is 4.79 Å². The first-order valence-corrected chi connectivity index (χ1v) is 14.8. The van der Waals surface area contributed by atoms with E-state index in [2.05, 4.69) is 24.5 Å². The van der Waals surface area contributed by atoms with Gasteiger partial charge in [-0.3, -0.25) is 14.4 Å². The summed E-state index contributed by atoms with van der Waals surface area (Å²) >= 11 is 0. The molecule has 2 N–H and O–H groups in total. The molecule has 0 aromatic heterocycles. The SMILES string of the molecule is CCCCCCCCCCC[C@@H](C[C@@H]1OC(=O)[C@H]1CCCCCC)OC(=O)C(CCCNC=O)NC=O. The molecule has 1 aliphatic rings. The van der Waals surface area contributed by atoms with Crippen LogP contribution in [0.3, 0.4) is 0 Å². The lowest BCUT2D eigenvalue weighted by molar-refractivity contribution is -0.190. The van der Waals surface area contributed by atoms with E-state index in [1.165, 1.54) is 51.4 Å². The molecule has 37 heavy (non-hydrogen) atoms. The molecule has 0 bridgehead atoms. The summed E-state index contributed by atoms with van der Waals surface area (Å²) in [7, 11) is 0. The van der Waals surface area contributed by atoms with Crippen LogP contribution < -0.4 is 10.6 Å². The van der Waals surface area contributed by atoms with E-state index < -0.39 is 12.0 Å². The number of nitrogens with one attached hydrogen (secondary N) is 2. The van der Waals surface area contributed by atoms with Crippen LogP contribution in [0.2, 0.25) is 0 Å². The number of carbonyl (C=O) groups is 4. The molecular formula is C29H52N2O6. The van der Waals surface area contributed by atoms with Crippen LogP contribution in [-0.2, 0) is 28.7 Å². The number of hydrogen-bond acceptors (Lipinski definition) is 6. The lowest BCUT2D eigenvalue weighted by atomic mass is 9.86. The summed E-state index contributed by atoms with van der Waals surface area (Å²) in [6.07, 6.45) is 18.9. The first-order valence-electron chi connectivity index (χ1n) is 14.8. The second-order valence-electron chi connectivity index (χ2n) is 10.4. The molecule has 8 heteroatoms. The predicted octanol–water partition coefficient (Wildman–Crippen LogP) is 5.36. The summed E-state index contributed by atoms with van der Waals surface area (Å²) in [5.41, 5.74) is 0. The molecule has 8 nitrogen and oxygen atoms in total. The normalized spacial score (nSPS) is 18.3. The van der Waals surface area contributed by atoms with Crippen molar-refractivity contribution in [1.82, 2.24) is 10.6 Å². The van der Waals surface area contributed by atoms with Crippen LogP contribution in [0.1, 0.15) is 129 Å². The van der Waals surface area contributed by atoms with Crippen LogP contribution in [0, 0.1) is 5.92 Å². The Bertz CT molecular complexity index is 630. The number of esters is 2. The molecule has 1 fully saturated rings. The van der Waals surface area contributed by atoms with Crippen LogP contribution in [0.4, 0.5) is 0 Å². The Morgan fingerprint density at radius 3 is 2.08 bits per heavy atom. The van der Waals surface area contributed by atoms with Crippen molar-refractivity contribution < 1.29 is 28.7 Å². The molecule has 214 valence electrons. The monoisotopic (exact) mass is 524 g/mol. The van der Waals surface area contributed by atoms with Crippen molar-refractivity contribution in [2.24, 2.45) is 5.92 Å². The maximum Gasteiger partial charge on any atom is 0.328 e. The van der Waals surface area contributed by atoms with Crippen molar-refractivity contribution in [2.45, 2.75) is 148 Å². The summed E-state index contributed by atoms with van der Waals surface area (Å²) in [4.78, 5) is 46.5. The molecule has 0 aliphatic carbocycles. The highest BCUT2D eigenvalue weighted by molar-refractivity contribution is 5.79. The first-order chi connectivity index (χ1) is 18.1. The molecule has 1 saturated heterocycles. The van der Waals surface area contributed by atoms with Crippen LogP contribution >= 0.6 is 0 Å². The number of ether oxygens (including phenoxy) is 2. The summed E-state index contributed by atoms with van der Waals surface area (Å²) < 4.78 is 11.4. The molecule has 0 aromatic rings. The van der Waals surface area contributed by atoms with Crippen molar-refractivity contribution >= 4 is 24.8 Å². The first kappa shape index (κ1) is 32.9. The van der Waals surface area contributed by atoms with E-state index in [-0.39, 0.29) is 24.1 Å². The predicted molar refractivity (Wildman–Crippen MR) is 145 cm³/mol. The van der Waals surface area contributed by atoms with Crippen molar-refractivity contribution in [1.29, 1.82) is 0 Å². The molecule has 2 amide bonds. The Balaban J connectivity index is 2.60. The molecule has 0 radical (unpaired) electrons. The average molecular weight is 525 g/mol. The highest BCUT2D eigenvalue weighted by Gasteiger charge is 2.43. The van der Waals surface area contributed by atoms with Gasteiger partial charge in [0.2, 0.25) is 12.8 Å². The Kier molecular flexibility index (Phi) is 19.5. The minimum Gasteiger partial charge on any atom is -0.461 e. The van der Waals surface area contributed by atoms with Crippen molar-refractivity contribution in [2.75, 3.05) is 6.54 Å². The fourth-order valence-electron chi connectivity index (χ4n) is 4.94. The van der Waals surface area contributed by atoms with Gasteiger partial charge in [0.25, 0.3) is 0 Å². The molecule has 0 spiro atoms. The zero-order valence-corrected chi connectivity index (χ0v) is 23.3. The molecule has 1 unspecified atom stereocenters. The Morgan fingerprint density at radius 2 is 1.49 bits per heavy atom. The van der Waals surface area contributed by atoms with Crippen LogP contribution in [0.5, 0.6) is 0 Å². The third-order valence-corrected chi connectivity index (χ3v) is 7.25. The van der Waals surface area contributed by atoms with E-state index in [0.717, 1.165) is 44.9 Å². The Morgan fingerprint density at radius 1 is 0.865 bits per heavy atom. The van der Waals surface area contributed by atoms with Gasteiger partial charge in [0, 0.05) is 13.0 Å². The summed E-state index contributed by atoms with van der Waals surface area (Å²) in [6, 6.07) is -0.759. The highest BCUT2D eigenvalue weighted by Crippen LogP contribution is 2.32. The minimum absolute atomic E-state index is 0.112. The summed E-state index contributed by atoms with van der Waals surface area (Å²) in [5.74, 6) is -0.721. The number of hydrogen-bond donors (Lipinski definition) is 2. The molecule has 1 aliphatic heterocycles. The standard InChI is InChI=1S/C29H52N2O6/c1-3-5-7-9-10-11-12-13-14-17-24(21-27-25(28(34)37-27)18-15-8-6-4-2)36-29(35)26(31-23-33)19-16-20-30-22-32/h22-27H,3-21H2,1-2H3,(H,30,32)(H,31,33)/t24-,25-,26?,27-/m0/s1. The summed E-state index contributed by atoms with van der Waals surface area (Å²) in [6.45, 7) is 4.81. The van der Waals surface area contributed by atoms with Gasteiger partial charge < -0.3 is 20.1 Å². The number of carbonyl (C=O) groups excluding carboxylic acids is 4. The van der Waals surface area contributed by atoms with Crippen LogP contribution in [0.25, 0.3) is 0 Å². The highest BCUT2D eigenvalue weighted by atomic mass is 16.6. The van der Waals surface area contributed by atoms with Gasteiger partial charge in [-0.15, -0.1) is 0 Å². The Hall–Kier alpha value is -2.12. The maximum atomic E-state index is 12.9. The van der Waals surface area contributed by atoms with E-state index in [4.69, 9.17) is 9.47 Å². The largest absolute Gasteiger partial charge is 0.461 e.